The van der Waals surface area contributed by atoms with Crippen molar-refractivity contribution >= 4 is 0 Å². The molecule has 0 bridgehead atoms. The summed E-state index contributed by atoms with van der Waals surface area (Å²) < 4.78 is 5.78. The minimum absolute atomic E-state index is 0.0721. The zero-order valence-corrected chi connectivity index (χ0v) is 10.1. The number of hydrogen-bond acceptors (Lipinski definition) is 4. The first-order valence-corrected chi connectivity index (χ1v) is 6.14. The van der Waals surface area contributed by atoms with E-state index in [2.05, 4.69) is 19.9 Å². The summed E-state index contributed by atoms with van der Waals surface area (Å²) >= 11 is 0. The first kappa shape index (κ1) is 11.4. The molecule has 0 saturated carbocycles. The number of aromatic nitrogens is 3. The zero-order chi connectivity index (χ0) is 12.2. The van der Waals surface area contributed by atoms with Crippen LogP contribution in [0.4, 0.5) is 0 Å². The van der Waals surface area contributed by atoms with Crippen LogP contribution in [0.3, 0.4) is 0 Å². The molecule has 0 amide bonds. The smallest absolute Gasteiger partial charge is 0.112 e. The molecule has 5 nitrogen and oxygen atoms in total. The maximum Gasteiger partial charge on any atom is 0.112 e. The summed E-state index contributed by atoms with van der Waals surface area (Å²) in [5.41, 5.74) is 2.14. The van der Waals surface area contributed by atoms with E-state index in [1.54, 1.807) is 6.33 Å². The second kappa shape index (κ2) is 5.29. The van der Waals surface area contributed by atoms with Crippen molar-refractivity contribution in [1.29, 1.82) is 0 Å². The third-order valence-electron chi connectivity index (χ3n) is 3.12. The monoisotopic (exact) mass is 244 g/mol. The van der Waals surface area contributed by atoms with Gasteiger partial charge in [-0.3, -0.25) is 9.88 Å². The minimum atomic E-state index is 0.0721. The molecule has 0 spiro atoms. The zero-order valence-electron chi connectivity index (χ0n) is 10.1. The van der Waals surface area contributed by atoms with Crippen LogP contribution in [0.5, 0.6) is 0 Å². The molecule has 2 aromatic rings. The first-order chi connectivity index (χ1) is 8.92. The molecule has 1 aliphatic rings. The van der Waals surface area contributed by atoms with Crippen LogP contribution in [0.15, 0.2) is 36.9 Å². The summed E-state index contributed by atoms with van der Waals surface area (Å²) in [5.74, 6) is 0. The Labute approximate surface area is 106 Å². The maximum atomic E-state index is 5.78. The topological polar surface area (TPSA) is 54.0 Å². The van der Waals surface area contributed by atoms with Crippen LogP contribution in [0, 0.1) is 0 Å². The molecule has 18 heavy (non-hydrogen) atoms. The maximum absolute atomic E-state index is 5.78. The fourth-order valence-electron chi connectivity index (χ4n) is 2.20. The molecule has 5 heteroatoms. The molecule has 1 fully saturated rings. The van der Waals surface area contributed by atoms with Crippen LogP contribution in [0.25, 0.3) is 0 Å². The molecule has 0 aromatic carbocycles. The molecule has 1 N–H and O–H groups in total. The van der Waals surface area contributed by atoms with E-state index in [1.807, 2.05) is 30.6 Å². The van der Waals surface area contributed by atoms with E-state index in [4.69, 9.17) is 4.74 Å². The molecule has 3 heterocycles. The van der Waals surface area contributed by atoms with Gasteiger partial charge in [0, 0.05) is 37.7 Å². The van der Waals surface area contributed by atoms with E-state index in [-0.39, 0.29) is 6.10 Å². The number of aromatic amines is 1. The molecule has 1 atom stereocenters. The Kier molecular flexibility index (Phi) is 3.34. The van der Waals surface area contributed by atoms with Crippen molar-refractivity contribution in [3.05, 3.63) is 48.3 Å². The van der Waals surface area contributed by atoms with Gasteiger partial charge in [0.2, 0.25) is 0 Å². The van der Waals surface area contributed by atoms with Gasteiger partial charge in [0.1, 0.15) is 6.10 Å². The SMILES string of the molecule is c1ccc(C2CN(Cc3cnc[nH]3)CCO2)nc1. The van der Waals surface area contributed by atoms with Crippen LogP contribution in [-0.2, 0) is 11.3 Å². The number of morpholine rings is 1. The van der Waals surface area contributed by atoms with E-state index in [9.17, 15) is 0 Å². The first-order valence-electron chi connectivity index (χ1n) is 6.14. The van der Waals surface area contributed by atoms with Gasteiger partial charge >= 0.3 is 0 Å². The van der Waals surface area contributed by atoms with Crippen LogP contribution >= 0.6 is 0 Å². The van der Waals surface area contributed by atoms with Gasteiger partial charge in [0.15, 0.2) is 0 Å². The normalized spacial score (nSPS) is 21.0. The lowest BCUT2D eigenvalue weighted by Crippen LogP contribution is -2.38. The Balaban J connectivity index is 1.65. The number of nitrogens with zero attached hydrogens (tertiary/aromatic N) is 3. The second-order valence-corrected chi connectivity index (χ2v) is 4.43. The summed E-state index contributed by atoms with van der Waals surface area (Å²) in [6, 6.07) is 5.94. The third-order valence-corrected chi connectivity index (χ3v) is 3.12. The highest BCUT2D eigenvalue weighted by Crippen LogP contribution is 2.20. The average Bonchev–Trinajstić information content (AvgIpc) is 2.93. The molecule has 1 unspecified atom stereocenters. The third kappa shape index (κ3) is 2.57. The Hall–Kier alpha value is -1.72. The number of H-pyrrole nitrogens is 1. The van der Waals surface area contributed by atoms with Crippen LogP contribution in [-0.4, -0.2) is 39.5 Å². The van der Waals surface area contributed by atoms with Gasteiger partial charge in [-0.05, 0) is 12.1 Å². The van der Waals surface area contributed by atoms with Crippen molar-refractivity contribution in [3.63, 3.8) is 0 Å². The number of hydrogen-bond donors (Lipinski definition) is 1. The highest BCUT2D eigenvalue weighted by Gasteiger charge is 2.22. The van der Waals surface area contributed by atoms with Gasteiger partial charge in [-0.1, -0.05) is 6.07 Å². The number of imidazole rings is 1. The summed E-state index contributed by atoms with van der Waals surface area (Å²) in [6.45, 7) is 3.44. The molecular weight excluding hydrogens is 228 g/mol. The predicted molar refractivity (Wildman–Crippen MR) is 66.8 cm³/mol. The predicted octanol–water partition coefficient (Wildman–Crippen LogP) is 1.38. The van der Waals surface area contributed by atoms with E-state index in [0.717, 1.165) is 37.6 Å². The van der Waals surface area contributed by atoms with Gasteiger partial charge in [-0.15, -0.1) is 0 Å². The van der Waals surface area contributed by atoms with Gasteiger partial charge in [-0.25, -0.2) is 4.98 Å². The number of rotatable bonds is 3. The Bertz CT molecular complexity index is 471. The van der Waals surface area contributed by atoms with Crippen LogP contribution in [0.2, 0.25) is 0 Å². The van der Waals surface area contributed by atoms with Crippen LogP contribution in [0.1, 0.15) is 17.5 Å². The highest BCUT2D eigenvalue weighted by molar-refractivity contribution is 5.08. The summed E-state index contributed by atoms with van der Waals surface area (Å²) in [4.78, 5) is 13.9. The van der Waals surface area contributed by atoms with Gasteiger partial charge < -0.3 is 9.72 Å². The molecule has 1 saturated heterocycles. The van der Waals surface area contributed by atoms with E-state index < -0.39 is 0 Å². The average molecular weight is 244 g/mol. The minimum Gasteiger partial charge on any atom is -0.369 e. The lowest BCUT2D eigenvalue weighted by atomic mass is 10.2. The number of nitrogens with one attached hydrogen (secondary N) is 1. The van der Waals surface area contributed by atoms with Crippen molar-refractivity contribution < 1.29 is 4.74 Å². The molecular formula is C13H16N4O. The van der Waals surface area contributed by atoms with Gasteiger partial charge in [0.05, 0.1) is 18.6 Å². The van der Waals surface area contributed by atoms with E-state index >= 15 is 0 Å². The summed E-state index contributed by atoms with van der Waals surface area (Å²) in [5, 5.41) is 0. The van der Waals surface area contributed by atoms with Crippen molar-refractivity contribution in [2.45, 2.75) is 12.6 Å². The van der Waals surface area contributed by atoms with E-state index in [1.165, 1.54) is 0 Å². The number of pyridine rings is 1. The fraction of sp³-hybridized carbons (Fsp3) is 0.385. The summed E-state index contributed by atoms with van der Waals surface area (Å²) in [7, 11) is 0. The standard InChI is InChI=1S/C13H16N4O/c1-2-4-15-12(3-1)13-9-17(5-6-18-13)8-11-7-14-10-16-11/h1-4,7,10,13H,5-6,8-9H2,(H,14,16). The van der Waals surface area contributed by atoms with E-state index in [0.29, 0.717) is 0 Å². The van der Waals surface area contributed by atoms with Crippen molar-refractivity contribution in [3.8, 4) is 0 Å². The number of ether oxygens (including phenoxy) is 1. The molecule has 94 valence electrons. The molecule has 0 radical (unpaired) electrons. The van der Waals surface area contributed by atoms with Crippen LogP contribution < -0.4 is 0 Å². The lowest BCUT2D eigenvalue weighted by Gasteiger charge is -2.32. The Morgan fingerprint density at radius 3 is 3.22 bits per heavy atom. The molecule has 2 aromatic heterocycles. The summed E-state index contributed by atoms with van der Waals surface area (Å²) in [6.07, 6.45) is 5.46. The fourth-order valence-corrected chi connectivity index (χ4v) is 2.20. The largest absolute Gasteiger partial charge is 0.369 e. The van der Waals surface area contributed by atoms with Crippen molar-refractivity contribution in [1.82, 2.24) is 19.9 Å². The van der Waals surface area contributed by atoms with Crippen molar-refractivity contribution in [2.75, 3.05) is 19.7 Å². The Morgan fingerprint density at radius 2 is 2.44 bits per heavy atom. The van der Waals surface area contributed by atoms with Crippen molar-refractivity contribution in [2.24, 2.45) is 0 Å². The van der Waals surface area contributed by atoms with Gasteiger partial charge in [-0.2, -0.15) is 0 Å². The quantitative estimate of drug-likeness (QED) is 0.886. The molecule has 1 aliphatic heterocycles. The molecule has 3 rings (SSSR count). The van der Waals surface area contributed by atoms with Gasteiger partial charge in [0.25, 0.3) is 0 Å². The lowest BCUT2D eigenvalue weighted by molar-refractivity contribution is -0.0353. The highest BCUT2D eigenvalue weighted by atomic mass is 16.5. The molecule has 0 aliphatic carbocycles. The second-order valence-electron chi connectivity index (χ2n) is 4.43. The Morgan fingerprint density at radius 1 is 1.44 bits per heavy atom.